The summed E-state index contributed by atoms with van der Waals surface area (Å²) in [6.45, 7) is 0.998. The molecule has 0 aliphatic carbocycles. The molecule has 0 fully saturated rings. The van der Waals surface area contributed by atoms with Gasteiger partial charge in [-0.15, -0.1) is 0 Å². The third-order valence-electron chi connectivity index (χ3n) is 2.83. The number of aromatic nitrogens is 5. The molecule has 0 aromatic carbocycles. The smallest absolute Gasteiger partial charge is 0.257 e. The third kappa shape index (κ3) is 4.65. The molecule has 9 nitrogen and oxygen atoms in total. The van der Waals surface area contributed by atoms with Gasteiger partial charge in [0, 0.05) is 25.5 Å². The first-order chi connectivity index (χ1) is 10.3. The molecule has 0 aliphatic rings. The van der Waals surface area contributed by atoms with Gasteiger partial charge in [-0.2, -0.15) is 20.1 Å². The van der Waals surface area contributed by atoms with Crippen LogP contribution in [-0.4, -0.2) is 43.0 Å². The summed E-state index contributed by atoms with van der Waals surface area (Å²) in [4.78, 5) is 12.6. The summed E-state index contributed by atoms with van der Waals surface area (Å²) >= 11 is 0. The lowest BCUT2D eigenvalue weighted by atomic mass is 10.2. The number of hydrazine groups is 1. The maximum atomic E-state index is 8.71. The fourth-order valence-corrected chi connectivity index (χ4v) is 1.79. The van der Waals surface area contributed by atoms with Gasteiger partial charge >= 0.3 is 0 Å². The van der Waals surface area contributed by atoms with Crippen molar-refractivity contribution in [2.24, 2.45) is 5.84 Å². The zero-order valence-electron chi connectivity index (χ0n) is 11.7. The number of nitrogens with two attached hydrogens (primary N) is 1. The van der Waals surface area contributed by atoms with E-state index in [2.05, 4.69) is 30.8 Å². The van der Waals surface area contributed by atoms with E-state index in [1.807, 2.05) is 0 Å². The summed E-state index contributed by atoms with van der Waals surface area (Å²) in [5.74, 6) is 6.49. The van der Waals surface area contributed by atoms with Gasteiger partial charge in [0.1, 0.15) is 0 Å². The summed E-state index contributed by atoms with van der Waals surface area (Å²) in [6.07, 6.45) is 7.28. The van der Waals surface area contributed by atoms with Crippen LogP contribution in [0.2, 0.25) is 0 Å². The van der Waals surface area contributed by atoms with E-state index in [0.717, 1.165) is 32.2 Å². The molecule has 0 saturated heterocycles. The van der Waals surface area contributed by atoms with E-state index in [0.29, 0.717) is 11.9 Å². The van der Waals surface area contributed by atoms with E-state index in [1.165, 1.54) is 4.68 Å². The third-order valence-corrected chi connectivity index (χ3v) is 2.83. The molecule has 2 aromatic heterocycles. The maximum Gasteiger partial charge on any atom is 0.257 e. The summed E-state index contributed by atoms with van der Waals surface area (Å²) < 4.78 is 1.54. The zero-order valence-corrected chi connectivity index (χ0v) is 11.7. The standard InChI is InChI=1S/C12H20N8O/c13-19-11-16-10(14-6-3-1-2-4-9-21)17-12(18-11)20-8-5-7-15-20/h5,7-8,21H,1-4,6,9,13H2,(H2,14,16,17,18,19). The quantitative estimate of drug-likeness (QED) is 0.295. The number of nitrogens with zero attached hydrogens (tertiary/aromatic N) is 5. The Labute approximate surface area is 122 Å². The Bertz CT molecular complexity index is 530. The van der Waals surface area contributed by atoms with Crippen LogP contribution in [0.15, 0.2) is 18.5 Å². The minimum absolute atomic E-state index is 0.250. The molecule has 2 aromatic rings. The Kier molecular flexibility index (Phi) is 5.85. The molecule has 2 rings (SSSR count). The molecule has 0 spiro atoms. The molecule has 0 aliphatic heterocycles. The maximum absolute atomic E-state index is 8.71. The van der Waals surface area contributed by atoms with Gasteiger partial charge in [-0.05, 0) is 18.9 Å². The molecular formula is C12H20N8O. The lowest BCUT2D eigenvalue weighted by molar-refractivity contribution is 0.283. The molecule has 0 amide bonds. The van der Waals surface area contributed by atoms with Crippen molar-refractivity contribution in [3.8, 4) is 5.95 Å². The Morgan fingerprint density at radius 3 is 2.62 bits per heavy atom. The second-order valence-electron chi connectivity index (χ2n) is 4.44. The summed E-state index contributed by atoms with van der Waals surface area (Å²) in [7, 11) is 0. The van der Waals surface area contributed by atoms with Crippen molar-refractivity contribution in [1.82, 2.24) is 24.7 Å². The summed E-state index contributed by atoms with van der Waals surface area (Å²) in [6, 6.07) is 1.79. The second kappa shape index (κ2) is 8.12. The average molecular weight is 292 g/mol. The Morgan fingerprint density at radius 1 is 1.10 bits per heavy atom. The van der Waals surface area contributed by atoms with Crippen molar-refractivity contribution in [3.05, 3.63) is 18.5 Å². The lowest BCUT2D eigenvalue weighted by Crippen LogP contribution is -2.16. The molecule has 0 unspecified atom stereocenters. The number of unbranched alkanes of at least 4 members (excludes halogenated alkanes) is 3. The van der Waals surface area contributed by atoms with Gasteiger partial charge in [-0.1, -0.05) is 12.8 Å². The molecule has 0 bridgehead atoms. The minimum atomic E-state index is 0.250. The summed E-state index contributed by atoms with van der Waals surface area (Å²) in [5, 5.41) is 15.9. The highest BCUT2D eigenvalue weighted by molar-refractivity contribution is 5.36. The van der Waals surface area contributed by atoms with Gasteiger partial charge in [0.2, 0.25) is 11.9 Å². The number of anilines is 2. The summed E-state index contributed by atoms with van der Waals surface area (Å²) in [5.41, 5.74) is 2.42. The topological polar surface area (TPSA) is 127 Å². The highest BCUT2D eigenvalue weighted by Gasteiger charge is 2.07. The highest BCUT2D eigenvalue weighted by atomic mass is 16.2. The van der Waals surface area contributed by atoms with E-state index in [4.69, 9.17) is 10.9 Å². The number of nitrogens with one attached hydrogen (secondary N) is 2. The largest absolute Gasteiger partial charge is 0.396 e. The molecule has 114 valence electrons. The number of hydrogen-bond donors (Lipinski definition) is 4. The fraction of sp³-hybridized carbons (Fsp3) is 0.500. The molecule has 0 radical (unpaired) electrons. The Balaban J connectivity index is 1.94. The van der Waals surface area contributed by atoms with Crippen LogP contribution in [0, 0.1) is 0 Å². The molecule has 0 atom stereocenters. The number of nitrogen functional groups attached to an aromatic ring is 1. The van der Waals surface area contributed by atoms with Crippen molar-refractivity contribution in [2.45, 2.75) is 25.7 Å². The van der Waals surface area contributed by atoms with Crippen molar-refractivity contribution in [3.63, 3.8) is 0 Å². The van der Waals surface area contributed by atoms with E-state index in [9.17, 15) is 0 Å². The van der Waals surface area contributed by atoms with Crippen LogP contribution in [0.25, 0.3) is 5.95 Å². The number of hydrogen-bond acceptors (Lipinski definition) is 8. The van der Waals surface area contributed by atoms with Crippen molar-refractivity contribution >= 4 is 11.9 Å². The second-order valence-corrected chi connectivity index (χ2v) is 4.44. The Morgan fingerprint density at radius 2 is 1.90 bits per heavy atom. The molecule has 21 heavy (non-hydrogen) atoms. The van der Waals surface area contributed by atoms with Crippen molar-refractivity contribution in [1.29, 1.82) is 0 Å². The predicted octanol–water partition coefficient (Wildman–Crippen LogP) is 0.307. The van der Waals surface area contributed by atoms with Crippen molar-refractivity contribution < 1.29 is 5.11 Å². The van der Waals surface area contributed by atoms with Gasteiger partial charge in [0.25, 0.3) is 5.95 Å². The lowest BCUT2D eigenvalue weighted by Gasteiger charge is -2.08. The number of aliphatic hydroxyl groups is 1. The van der Waals surface area contributed by atoms with E-state index in [-0.39, 0.29) is 12.6 Å². The van der Waals surface area contributed by atoms with Gasteiger partial charge in [0.15, 0.2) is 0 Å². The molecule has 5 N–H and O–H groups in total. The normalized spacial score (nSPS) is 10.6. The highest BCUT2D eigenvalue weighted by Crippen LogP contribution is 2.08. The van der Waals surface area contributed by atoms with Crippen LogP contribution in [0.3, 0.4) is 0 Å². The van der Waals surface area contributed by atoms with Crippen LogP contribution in [0.1, 0.15) is 25.7 Å². The molecular weight excluding hydrogens is 272 g/mol. The monoisotopic (exact) mass is 292 g/mol. The average Bonchev–Trinajstić information content (AvgIpc) is 3.05. The van der Waals surface area contributed by atoms with Gasteiger partial charge in [0.05, 0.1) is 0 Å². The van der Waals surface area contributed by atoms with Crippen LogP contribution in [-0.2, 0) is 0 Å². The molecule has 0 saturated carbocycles. The van der Waals surface area contributed by atoms with Gasteiger partial charge in [-0.25, -0.2) is 10.5 Å². The van der Waals surface area contributed by atoms with E-state index >= 15 is 0 Å². The van der Waals surface area contributed by atoms with Gasteiger partial charge in [-0.3, -0.25) is 5.43 Å². The van der Waals surface area contributed by atoms with Crippen LogP contribution >= 0.6 is 0 Å². The van der Waals surface area contributed by atoms with E-state index < -0.39 is 0 Å². The first-order valence-electron chi connectivity index (χ1n) is 6.91. The molecule has 9 heteroatoms. The van der Waals surface area contributed by atoms with Crippen molar-refractivity contribution in [2.75, 3.05) is 23.9 Å². The first kappa shape index (κ1) is 15.1. The van der Waals surface area contributed by atoms with E-state index in [1.54, 1.807) is 18.5 Å². The van der Waals surface area contributed by atoms with Crippen LogP contribution in [0.5, 0.6) is 0 Å². The predicted molar refractivity (Wildman–Crippen MR) is 78.8 cm³/mol. The zero-order chi connectivity index (χ0) is 14.9. The molecule has 2 heterocycles. The van der Waals surface area contributed by atoms with Crippen LogP contribution in [0.4, 0.5) is 11.9 Å². The number of aliphatic hydroxyl groups excluding tert-OH is 1. The van der Waals surface area contributed by atoms with Gasteiger partial charge < -0.3 is 10.4 Å². The first-order valence-corrected chi connectivity index (χ1v) is 6.91. The fourth-order valence-electron chi connectivity index (χ4n) is 1.79. The SMILES string of the molecule is NNc1nc(NCCCCCCO)nc(-n2cccn2)n1. The minimum Gasteiger partial charge on any atom is -0.396 e. The Hall–Kier alpha value is -2.26. The number of rotatable bonds is 9. The van der Waals surface area contributed by atoms with Crippen LogP contribution < -0.4 is 16.6 Å².